The second kappa shape index (κ2) is 29.1. The molecule has 4 fully saturated rings. The molecule has 4 saturated carbocycles. The van der Waals surface area contributed by atoms with Crippen molar-refractivity contribution < 1.29 is 54.2 Å². The third kappa shape index (κ3) is 15.9. The van der Waals surface area contributed by atoms with Crippen LogP contribution in [0.15, 0.2) is 72.8 Å². The van der Waals surface area contributed by atoms with E-state index in [0.717, 1.165) is 149 Å². The topological polar surface area (TPSA) is 216 Å². The number of methoxy groups -OCH3 is 2. The van der Waals surface area contributed by atoms with Crippen molar-refractivity contribution >= 4 is 83.2 Å². The molecule has 2 heterocycles. The number of hydrogen-bond donors (Lipinski definition) is 2. The lowest BCUT2D eigenvalue weighted by atomic mass is 9.65. The van der Waals surface area contributed by atoms with Crippen molar-refractivity contribution in [2.45, 2.75) is 227 Å². The normalized spacial score (nSPS) is 28.0. The van der Waals surface area contributed by atoms with Crippen molar-refractivity contribution in [3.05, 3.63) is 116 Å². The lowest BCUT2D eigenvalue weighted by Crippen LogP contribution is -2.55. The minimum Gasteiger partial charge on any atom is -0.490 e. The van der Waals surface area contributed by atoms with Crippen LogP contribution in [0.5, 0.6) is 11.5 Å². The van der Waals surface area contributed by atoms with Crippen molar-refractivity contribution in [2.75, 3.05) is 63.4 Å². The molecule has 4 N–H and O–H groups in total. The maximum atomic E-state index is 12.7. The highest BCUT2D eigenvalue weighted by molar-refractivity contribution is 7.90. The van der Waals surface area contributed by atoms with E-state index < -0.39 is 47.2 Å². The molecule has 540 valence electrons. The Hall–Kier alpha value is -4.23. The van der Waals surface area contributed by atoms with Crippen LogP contribution in [0.4, 0.5) is 11.4 Å². The molecule has 2 spiro atoms. The number of ether oxygens (including phenoxy) is 4. The van der Waals surface area contributed by atoms with Gasteiger partial charge in [-0.05, 0) is 257 Å². The SMILES string of the molecule is COC(=O)c1ccc2c(c1)N(C[C@@H]1CC[C@H]1[C@H](O[Si](C)(C)C(C)(C)C)[C@@H]1CCC[C@@H](S(N)(=O)=O)C1)C[C@@]1(CCCc3cc(Cl)ccc31)CO2.COC(=O)c1ccc2c(c1)N(C[C@@H]1CC[C@H]1[C@H](O[Si](C)(C)C(C)(C)C)[C@@H]1CCC[C@H](S(N)(=O)=O)C1)C[C@@]1(CCCc3cc(Cl)ccc31)CO2. The van der Waals surface area contributed by atoms with Crippen molar-refractivity contribution in [2.24, 2.45) is 45.8 Å². The molecule has 2 aliphatic heterocycles. The fraction of sp³-hybridized carbons (Fsp3) is 0.658. The van der Waals surface area contributed by atoms with E-state index >= 15 is 0 Å². The van der Waals surface area contributed by atoms with Crippen molar-refractivity contribution in [3.8, 4) is 11.5 Å². The molecule has 0 radical (unpaired) electrons. The Morgan fingerprint density at radius 3 is 1.29 bits per heavy atom. The quantitative estimate of drug-likeness (QED) is 0.0788. The van der Waals surface area contributed by atoms with Crippen molar-refractivity contribution in [1.29, 1.82) is 0 Å². The van der Waals surface area contributed by atoms with Gasteiger partial charge in [0.2, 0.25) is 20.0 Å². The Labute approximate surface area is 597 Å². The number of halogens is 2. The monoisotopic (exact) mass is 1460 g/mol. The first kappa shape index (κ1) is 74.9. The minimum absolute atomic E-state index is 0.0213. The summed E-state index contributed by atoms with van der Waals surface area (Å²) in [7, 11) is -8.80. The van der Waals surface area contributed by atoms with Crippen LogP contribution in [0, 0.1) is 35.5 Å². The molecular weight excluding hydrogens is 1350 g/mol. The van der Waals surface area contributed by atoms with Crippen LogP contribution < -0.4 is 29.6 Å². The van der Waals surface area contributed by atoms with Gasteiger partial charge in [-0.15, -0.1) is 0 Å². The van der Waals surface area contributed by atoms with Crippen LogP contribution in [0.25, 0.3) is 0 Å². The molecule has 0 aromatic heterocycles. The number of hydrogen-bond acceptors (Lipinski definition) is 14. The molecule has 22 heteroatoms. The average Bonchev–Trinajstić information content (AvgIpc) is 1.43. The van der Waals surface area contributed by atoms with Gasteiger partial charge >= 0.3 is 11.9 Å². The zero-order valence-electron chi connectivity index (χ0n) is 60.2. The minimum atomic E-state index is -3.62. The fourth-order valence-corrected chi connectivity index (χ4v) is 22.7. The molecular formula is C76H110Cl2N4O12S2Si2. The summed E-state index contributed by atoms with van der Waals surface area (Å²) >= 11 is 13.0. The van der Waals surface area contributed by atoms with Gasteiger partial charge in [-0.25, -0.2) is 36.7 Å². The number of carbonyl (C=O) groups excluding carboxylic acids is 2. The predicted octanol–water partition coefficient (Wildman–Crippen LogP) is 15.7. The number of esters is 2. The summed E-state index contributed by atoms with van der Waals surface area (Å²) < 4.78 is 88.5. The van der Waals surface area contributed by atoms with Crippen LogP contribution in [-0.2, 0) is 62.0 Å². The average molecular weight is 1460 g/mol. The Balaban J connectivity index is 0.000000198. The van der Waals surface area contributed by atoms with Gasteiger partial charge in [0.15, 0.2) is 16.6 Å². The fourth-order valence-electron chi connectivity index (χ4n) is 17.4. The lowest BCUT2D eigenvalue weighted by molar-refractivity contribution is -0.0228. The second-order valence-electron chi connectivity index (χ2n) is 33.5. The number of aryl methyl sites for hydroxylation is 2. The highest BCUT2D eigenvalue weighted by atomic mass is 35.5. The first-order chi connectivity index (χ1) is 46.0. The van der Waals surface area contributed by atoms with Gasteiger partial charge in [-0.3, -0.25) is 0 Å². The van der Waals surface area contributed by atoms with Gasteiger partial charge < -0.3 is 37.6 Å². The standard InChI is InChI=1S/2C38H55ClN2O6SSi/c2*1-37(2,3)49(5,6)47-35(26-9-7-11-30(20-26)48(40,43)44)31-15-12-28(31)22-41-23-38(18-8-10-25-19-29(39)14-16-32(25)38)24-46-34-17-13-27(21-33(34)41)36(42)45-4/h2*13-14,16-17,19,21,26,28,30-31,35H,7-12,15,18,20,22-24H2,1-6H3,(H2,40,43,44)/t26-,28+,30+,31-,35-,38+;26-,28+,30-,31-,35-,38+/m11/s1. The third-order valence-electron chi connectivity index (χ3n) is 25.3. The third-order valence-corrected chi connectivity index (χ3v) is 37.4. The van der Waals surface area contributed by atoms with Gasteiger partial charge in [0, 0.05) is 47.1 Å². The number of fused-ring (bicyclic) bond motifs is 6. The molecule has 0 bridgehead atoms. The van der Waals surface area contributed by atoms with Crippen LogP contribution in [0.2, 0.25) is 46.3 Å². The molecule has 8 aliphatic rings. The van der Waals surface area contributed by atoms with E-state index in [1.807, 2.05) is 36.4 Å². The van der Waals surface area contributed by atoms with Gasteiger partial charge in [-0.2, -0.15) is 0 Å². The van der Waals surface area contributed by atoms with E-state index in [1.54, 1.807) is 12.1 Å². The summed E-state index contributed by atoms with van der Waals surface area (Å²) in [4.78, 5) is 30.4. The molecule has 98 heavy (non-hydrogen) atoms. The Bertz CT molecular complexity index is 3570. The summed E-state index contributed by atoms with van der Waals surface area (Å²) in [6.07, 6.45) is 16.2. The van der Waals surface area contributed by atoms with E-state index in [0.29, 0.717) is 73.7 Å². The molecule has 0 saturated heterocycles. The summed E-state index contributed by atoms with van der Waals surface area (Å²) in [5, 5.41) is 12.0. The second-order valence-corrected chi connectivity index (χ2v) is 47.6. The number of sulfonamides is 2. The zero-order valence-corrected chi connectivity index (χ0v) is 65.3. The largest absolute Gasteiger partial charge is 0.490 e. The number of primary sulfonamides is 2. The number of anilines is 2. The van der Waals surface area contributed by atoms with Gasteiger partial charge in [0.25, 0.3) is 0 Å². The maximum Gasteiger partial charge on any atom is 0.337 e. The summed E-state index contributed by atoms with van der Waals surface area (Å²) in [5.74, 6) is 2.36. The summed E-state index contributed by atoms with van der Waals surface area (Å²) in [5.41, 5.74) is 7.55. The van der Waals surface area contributed by atoms with Crippen molar-refractivity contribution in [3.63, 3.8) is 0 Å². The molecule has 0 amide bonds. The summed E-state index contributed by atoms with van der Waals surface area (Å²) in [6, 6.07) is 23.9. The first-order valence-electron chi connectivity index (χ1n) is 36.2. The molecule has 6 aliphatic carbocycles. The molecule has 12 atom stereocenters. The number of nitrogens with zero attached hydrogens (tertiary/aromatic N) is 2. The Morgan fingerprint density at radius 1 is 0.561 bits per heavy atom. The number of nitrogens with two attached hydrogens (primary N) is 2. The number of rotatable bonds is 16. The number of benzene rings is 4. The van der Waals surface area contributed by atoms with Crippen molar-refractivity contribution in [1.82, 2.24) is 0 Å². The van der Waals surface area contributed by atoms with E-state index in [1.165, 1.54) is 36.5 Å². The summed E-state index contributed by atoms with van der Waals surface area (Å²) in [6.45, 7) is 27.0. The highest BCUT2D eigenvalue weighted by Gasteiger charge is 2.53. The van der Waals surface area contributed by atoms with Crippen LogP contribution in [0.3, 0.4) is 0 Å². The molecule has 12 rings (SSSR count). The lowest BCUT2D eigenvalue weighted by Gasteiger charge is -2.52. The molecule has 4 aromatic carbocycles. The van der Waals surface area contributed by atoms with E-state index in [2.05, 4.69) is 102 Å². The van der Waals surface area contributed by atoms with Crippen LogP contribution in [0.1, 0.15) is 187 Å². The molecule has 16 nitrogen and oxygen atoms in total. The van der Waals surface area contributed by atoms with Crippen LogP contribution in [-0.4, -0.2) is 122 Å². The maximum absolute atomic E-state index is 12.7. The van der Waals surface area contributed by atoms with Gasteiger partial charge in [0.05, 0.1) is 72.6 Å². The highest BCUT2D eigenvalue weighted by Crippen LogP contribution is 2.54. The predicted molar refractivity (Wildman–Crippen MR) is 397 cm³/mol. The Kier molecular flexibility index (Phi) is 22.3. The van der Waals surface area contributed by atoms with Crippen LogP contribution >= 0.6 is 23.2 Å². The zero-order chi connectivity index (χ0) is 70.7. The smallest absolute Gasteiger partial charge is 0.337 e. The Morgan fingerprint density at radius 2 is 0.949 bits per heavy atom. The van der Waals surface area contributed by atoms with E-state index in [-0.39, 0.29) is 56.9 Å². The number of carbonyl (C=O) groups is 2. The first-order valence-corrected chi connectivity index (χ1v) is 46.0. The van der Waals surface area contributed by atoms with E-state index in [4.69, 9.17) is 61.3 Å². The molecule has 4 aromatic rings. The van der Waals surface area contributed by atoms with Gasteiger partial charge in [-0.1, -0.05) is 89.7 Å². The van der Waals surface area contributed by atoms with Gasteiger partial charge in [0.1, 0.15) is 11.5 Å². The van der Waals surface area contributed by atoms with E-state index in [9.17, 15) is 26.4 Å². The molecule has 0 unspecified atom stereocenters.